The highest BCUT2D eigenvalue weighted by atomic mass is 16.5. The lowest BCUT2D eigenvalue weighted by Gasteiger charge is -2.06. The zero-order chi connectivity index (χ0) is 8.97. The standard InChI is InChI=1S/C9H13NO2/c1-3-12-9-5-7(10)4-8(6-9)11-2/h4-6H,3,10H2,1-2H3. The molecule has 66 valence electrons. The number of methoxy groups -OCH3 is 1. The Balaban J connectivity index is 2.90. The second kappa shape index (κ2) is 3.85. The van der Waals surface area contributed by atoms with Crippen molar-refractivity contribution >= 4 is 5.69 Å². The summed E-state index contributed by atoms with van der Waals surface area (Å²) in [7, 11) is 1.60. The third kappa shape index (κ3) is 2.05. The lowest BCUT2D eigenvalue weighted by molar-refractivity contribution is 0.336. The van der Waals surface area contributed by atoms with Gasteiger partial charge in [-0.2, -0.15) is 0 Å². The average Bonchev–Trinajstić information content (AvgIpc) is 2.04. The van der Waals surface area contributed by atoms with Crippen LogP contribution in [0.2, 0.25) is 0 Å². The van der Waals surface area contributed by atoms with E-state index in [1.165, 1.54) is 0 Å². The molecule has 0 aliphatic carbocycles. The number of nitrogen functional groups attached to an aromatic ring is 1. The first-order valence-electron chi connectivity index (χ1n) is 3.83. The van der Waals surface area contributed by atoms with Gasteiger partial charge in [0.2, 0.25) is 0 Å². The van der Waals surface area contributed by atoms with E-state index in [1.807, 2.05) is 6.92 Å². The van der Waals surface area contributed by atoms with E-state index in [0.29, 0.717) is 12.3 Å². The summed E-state index contributed by atoms with van der Waals surface area (Å²) in [5.41, 5.74) is 6.26. The van der Waals surface area contributed by atoms with E-state index >= 15 is 0 Å². The van der Waals surface area contributed by atoms with Gasteiger partial charge in [-0.25, -0.2) is 0 Å². The maximum atomic E-state index is 5.61. The van der Waals surface area contributed by atoms with E-state index < -0.39 is 0 Å². The van der Waals surface area contributed by atoms with Gasteiger partial charge < -0.3 is 15.2 Å². The first-order valence-corrected chi connectivity index (χ1v) is 3.83. The Morgan fingerprint density at radius 2 is 1.92 bits per heavy atom. The fourth-order valence-electron chi connectivity index (χ4n) is 0.962. The minimum absolute atomic E-state index is 0.632. The molecule has 0 atom stereocenters. The van der Waals surface area contributed by atoms with Crippen molar-refractivity contribution in [1.29, 1.82) is 0 Å². The first-order chi connectivity index (χ1) is 5.76. The summed E-state index contributed by atoms with van der Waals surface area (Å²) >= 11 is 0. The highest BCUT2D eigenvalue weighted by Crippen LogP contribution is 2.23. The van der Waals surface area contributed by atoms with Crippen LogP contribution in [0.3, 0.4) is 0 Å². The smallest absolute Gasteiger partial charge is 0.125 e. The molecule has 0 spiro atoms. The summed E-state index contributed by atoms with van der Waals surface area (Å²) in [6.07, 6.45) is 0. The van der Waals surface area contributed by atoms with Crippen molar-refractivity contribution in [3.05, 3.63) is 18.2 Å². The van der Waals surface area contributed by atoms with Crippen LogP contribution >= 0.6 is 0 Å². The van der Waals surface area contributed by atoms with Gasteiger partial charge in [-0.3, -0.25) is 0 Å². The maximum Gasteiger partial charge on any atom is 0.125 e. The van der Waals surface area contributed by atoms with Crippen LogP contribution in [-0.4, -0.2) is 13.7 Å². The Hall–Kier alpha value is -1.38. The molecule has 0 radical (unpaired) electrons. The van der Waals surface area contributed by atoms with Crippen LogP contribution in [-0.2, 0) is 0 Å². The van der Waals surface area contributed by atoms with E-state index in [1.54, 1.807) is 25.3 Å². The molecule has 1 aromatic carbocycles. The summed E-state index contributed by atoms with van der Waals surface area (Å²) in [5, 5.41) is 0. The minimum Gasteiger partial charge on any atom is -0.497 e. The Kier molecular flexibility index (Phi) is 2.80. The Morgan fingerprint density at radius 1 is 1.25 bits per heavy atom. The van der Waals surface area contributed by atoms with Gasteiger partial charge in [0.15, 0.2) is 0 Å². The van der Waals surface area contributed by atoms with E-state index in [9.17, 15) is 0 Å². The molecule has 1 rings (SSSR count). The SMILES string of the molecule is CCOc1cc(N)cc(OC)c1. The molecule has 3 nitrogen and oxygen atoms in total. The predicted molar refractivity (Wildman–Crippen MR) is 48.6 cm³/mol. The van der Waals surface area contributed by atoms with Gasteiger partial charge in [-0.05, 0) is 6.92 Å². The van der Waals surface area contributed by atoms with Crippen LogP contribution < -0.4 is 15.2 Å². The Bertz CT molecular complexity index is 261. The fraction of sp³-hybridized carbons (Fsp3) is 0.333. The molecule has 0 heterocycles. The molecule has 0 saturated heterocycles. The number of hydrogen-bond acceptors (Lipinski definition) is 3. The fourth-order valence-corrected chi connectivity index (χ4v) is 0.962. The summed E-state index contributed by atoms with van der Waals surface area (Å²) in [4.78, 5) is 0. The van der Waals surface area contributed by atoms with Crippen molar-refractivity contribution in [3.63, 3.8) is 0 Å². The lowest BCUT2D eigenvalue weighted by Crippen LogP contribution is -1.94. The van der Waals surface area contributed by atoms with Crippen molar-refractivity contribution < 1.29 is 9.47 Å². The molecule has 0 aliphatic rings. The zero-order valence-corrected chi connectivity index (χ0v) is 7.33. The van der Waals surface area contributed by atoms with Crippen LogP contribution in [0.25, 0.3) is 0 Å². The van der Waals surface area contributed by atoms with Crippen LogP contribution in [0, 0.1) is 0 Å². The molecule has 0 fully saturated rings. The van der Waals surface area contributed by atoms with Gasteiger partial charge in [-0.15, -0.1) is 0 Å². The van der Waals surface area contributed by atoms with Crippen molar-refractivity contribution in [3.8, 4) is 11.5 Å². The summed E-state index contributed by atoms with van der Waals surface area (Å²) in [6, 6.07) is 5.33. The Morgan fingerprint density at radius 3 is 2.50 bits per heavy atom. The monoisotopic (exact) mass is 167 g/mol. The molecular weight excluding hydrogens is 154 g/mol. The highest BCUT2D eigenvalue weighted by Gasteiger charge is 1.98. The number of benzene rings is 1. The normalized spacial score (nSPS) is 9.50. The maximum absolute atomic E-state index is 5.61. The molecule has 2 N–H and O–H groups in total. The highest BCUT2D eigenvalue weighted by molar-refractivity contribution is 5.50. The van der Waals surface area contributed by atoms with Crippen molar-refractivity contribution in [1.82, 2.24) is 0 Å². The minimum atomic E-state index is 0.632. The molecule has 1 aromatic rings. The number of hydrogen-bond donors (Lipinski definition) is 1. The third-order valence-electron chi connectivity index (χ3n) is 1.45. The lowest BCUT2D eigenvalue weighted by atomic mass is 10.3. The molecule has 0 aromatic heterocycles. The largest absolute Gasteiger partial charge is 0.497 e. The van der Waals surface area contributed by atoms with E-state index in [4.69, 9.17) is 15.2 Å². The van der Waals surface area contributed by atoms with Crippen LogP contribution in [0.4, 0.5) is 5.69 Å². The second-order valence-electron chi connectivity index (χ2n) is 2.37. The van der Waals surface area contributed by atoms with E-state index in [0.717, 1.165) is 11.5 Å². The van der Waals surface area contributed by atoms with Crippen LogP contribution in [0.1, 0.15) is 6.92 Å². The van der Waals surface area contributed by atoms with Crippen LogP contribution in [0.5, 0.6) is 11.5 Å². The molecule has 0 saturated carbocycles. The number of nitrogens with two attached hydrogens (primary N) is 1. The summed E-state index contributed by atoms with van der Waals surface area (Å²) < 4.78 is 10.3. The van der Waals surface area contributed by atoms with Crippen molar-refractivity contribution in [2.24, 2.45) is 0 Å². The number of ether oxygens (including phenoxy) is 2. The van der Waals surface area contributed by atoms with Gasteiger partial charge in [-0.1, -0.05) is 0 Å². The quantitative estimate of drug-likeness (QED) is 0.696. The summed E-state index contributed by atoms with van der Waals surface area (Å²) in [5.74, 6) is 1.47. The molecule has 0 unspecified atom stereocenters. The van der Waals surface area contributed by atoms with E-state index in [-0.39, 0.29) is 0 Å². The topological polar surface area (TPSA) is 44.5 Å². The van der Waals surface area contributed by atoms with E-state index in [2.05, 4.69) is 0 Å². The Labute approximate surface area is 72.1 Å². The molecule has 0 bridgehead atoms. The van der Waals surface area contributed by atoms with Crippen molar-refractivity contribution in [2.45, 2.75) is 6.92 Å². The van der Waals surface area contributed by atoms with Gasteiger partial charge in [0.05, 0.1) is 13.7 Å². The van der Waals surface area contributed by atoms with Gasteiger partial charge in [0, 0.05) is 23.9 Å². The first kappa shape index (κ1) is 8.71. The predicted octanol–water partition coefficient (Wildman–Crippen LogP) is 1.68. The van der Waals surface area contributed by atoms with Gasteiger partial charge >= 0.3 is 0 Å². The molecule has 3 heteroatoms. The van der Waals surface area contributed by atoms with Gasteiger partial charge in [0.1, 0.15) is 11.5 Å². The number of anilines is 1. The number of rotatable bonds is 3. The van der Waals surface area contributed by atoms with Crippen LogP contribution in [0.15, 0.2) is 18.2 Å². The molecule has 0 amide bonds. The molecule has 12 heavy (non-hydrogen) atoms. The third-order valence-corrected chi connectivity index (χ3v) is 1.45. The second-order valence-corrected chi connectivity index (χ2v) is 2.37. The van der Waals surface area contributed by atoms with Crippen molar-refractivity contribution in [2.75, 3.05) is 19.5 Å². The zero-order valence-electron chi connectivity index (χ0n) is 7.33. The summed E-state index contributed by atoms with van der Waals surface area (Å²) in [6.45, 7) is 2.56. The average molecular weight is 167 g/mol. The molecular formula is C9H13NO2. The molecule has 0 aliphatic heterocycles. The van der Waals surface area contributed by atoms with Gasteiger partial charge in [0.25, 0.3) is 0 Å².